The Morgan fingerprint density at radius 1 is 1.39 bits per heavy atom. The van der Waals surface area contributed by atoms with Crippen LogP contribution in [0.4, 0.5) is 0 Å². The predicted octanol–water partition coefficient (Wildman–Crippen LogP) is 4.28. The lowest BCUT2D eigenvalue weighted by molar-refractivity contribution is 0.0786. The van der Waals surface area contributed by atoms with Crippen molar-refractivity contribution in [2.75, 3.05) is 7.05 Å². The van der Waals surface area contributed by atoms with Gasteiger partial charge >= 0.3 is 0 Å². The van der Waals surface area contributed by atoms with Crippen LogP contribution in [-0.2, 0) is 6.54 Å². The van der Waals surface area contributed by atoms with E-state index in [-0.39, 0.29) is 5.91 Å². The predicted molar refractivity (Wildman–Crippen MR) is 84.3 cm³/mol. The second kappa shape index (κ2) is 6.04. The molecule has 0 bridgehead atoms. The second-order valence-corrected chi connectivity index (χ2v) is 6.92. The molecule has 0 atom stereocenters. The first-order valence-electron chi connectivity index (χ1n) is 5.31. The van der Waals surface area contributed by atoms with E-state index in [1.54, 1.807) is 11.9 Å². The highest BCUT2D eigenvalue weighted by Crippen LogP contribution is 2.23. The summed E-state index contributed by atoms with van der Waals surface area (Å²) >= 11 is 9.58. The van der Waals surface area contributed by atoms with Crippen LogP contribution in [0.5, 0.6) is 0 Å². The zero-order valence-corrected chi connectivity index (χ0v) is 13.4. The van der Waals surface area contributed by atoms with E-state index in [0.29, 0.717) is 12.1 Å². The number of carbonyl (C=O) groups excluding carboxylic acids is 1. The summed E-state index contributed by atoms with van der Waals surface area (Å²) in [6.45, 7) is 0.585. The van der Waals surface area contributed by atoms with Crippen molar-refractivity contribution in [1.29, 1.82) is 0 Å². The second-order valence-electron chi connectivity index (χ2n) is 3.88. The monoisotopic (exact) mass is 391 g/mol. The first-order chi connectivity index (χ1) is 8.56. The summed E-state index contributed by atoms with van der Waals surface area (Å²) in [5.74, 6) is 0.0260. The summed E-state index contributed by atoms with van der Waals surface area (Å²) in [5.41, 5.74) is 0.715. The van der Waals surface area contributed by atoms with E-state index >= 15 is 0 Å². The van der Waals surface area contributed by atoms with Gasteiger partial charge in [-0.1, -0.05) is 17.7 Å². The summed E-state index contributed by atoms with van der Waals surface area (Å²) in [6, 6.07) is 11.4. The zero-order valence-electron chi connectivity index (χ0n) is 9.69. The van der Waals surface area contributed by atoms with Crippen LogP contribution in [0.3, 0.4) is 0 Å². The number of benzene rings is 1. The third-order valence-electron chi connectivity index (χ3n) is 2.44. The van der Waals surface area contributed by atoms with E-state index in [1.807, 2.05) is 36.4 Å². The molecule has 0 spiro atoms. The van der Waals surface area contributed by atoms with E-state index in [0.717, 1.165) is 12.8 Å². The lowest BCUT2D eigenvalue weighted by Gasteiger charge is -2.16. The van der Waals surface area contributed by atoms with Gasteiger partial charge in [0.15, 0.2) is 0 Å². The Balaban J connectivity index is 2.09. The van der Waals surface area contributed by atoms with E-state index in [9.17, 15) is 4.79 Å². The van der Waals surface area contributed by atoms with Crippen LogP contribution in [0.25, 0.3) is 0 Å². The fraction of sp³-hybridized carbons (Fsp3) is 0.154. The lowest BCUT2D eigenvalue weighted by atomic mass is 10.2. The smallest absolute Gasteiger partial charge is 0.253 e. The maximum absolute atomic E-state index is 12.2. The Hall–Kier alpha value is -0.590. The number of carbonyl (C=O) groups is 1. The van der Waals surface area contributed by atoms with Crippen LogP contribution < -0.4 is 0 Å². The SMILES string of the molecule is CN(Cc1ccc(Cl)s1)C(=O)c1cccc(I)c1. The van der Waals surface area contributed by atoms with Crippen LogP contribution >= 0.6 is 45.5 Å². The van der Waals surface area contributed by atoms with Crippen molar-refractivity contribution >= 4 is 51.4 Å². The number of halogens is 2. The number of amides is 1. The summed E-state index contributed by atoms with van der Waals surface area (Å²) < 4.78 is 1.81. The minimum atomic E-state index is 0.0260. The van der Waals surface area contributed by atoms with E-state index in [2.05, 4.69) is 22.6 Å². The minimum absolute atomic E-state index is 0.0260. The molecule has 2 nitrogen and oxygen atoms in total. The molecule has 18 heavy (non-hydrogen) atoms. The van der Waals surface area contributed by atoms with Gasteiger partial charge in [-0.25, -0.2) is 0 Å². The van der Waals surface area contributed by atoms with Crippen LogP contribution in [-0.4, -0.2) is 17.9 Å². The molecule has 94 valence electrons. The van der Waals surface area contributed by atoms with Crippen molar-refractivity contribution in [3.8, 4) is 0 Å². The van der Waals surface area contributed by atoms with Gasteiger partial charge in [0.25, 0.3) is 5.91 Å². The Morgan fingerprint density at radius 2 is 2.17 bits per heavy atom. The Kier molecular flexibility index (Phi) is 4.64. The van der Waals surface area contributed by atoms with Crippen molar-refractivity contribution in [2.45, 2.75) is 6.54 Å². The molecule has 0 saturated heterocycles. The topological polar surface area (TPSA) is 20.3 Å². The van der Waals surface area contributed by atoms with Gasteiger partial charge in [0.05, 0.1) is 10.9 Å². The number of nitrogens with zero attached hydrogens (tertiary/aromatic N) is 1. The van der Waals surface area contributed by atoms with E-state index in [4.69, 9.17) is 11.6 Å². The van der Waals surface area contributed by atoms with Crippen molar-refractivity contribution < 1.29 is 4.79 Å². The molecule has 0 aliphatic rings. The highest BCUT2D eigenvalue weighted by atomic mass is 127. The molecule has 2 rings (SSSR count). The molecule has 1 amide bonds. The van der Waals surface area contributed by atoms with Gasteiger partial charge in [-0.05, 0) is 52.9 Å². The molecule has 1 aromatic heterocycles. The molecule has 1 heterocycles. The molecule has 0 fully saturated rings. The Labute approximate surface area is 129 Å². The Bertz CT molecular complexity index is 570. The van der Waals surface area contributed by atoms with Crippen LogP contribution in [0.15, 0.2) is 36.4 Å². The molecular weight excluding hydrogens is 381 g/mol. The van der Waals surface area contributed by atoms with Gasteiger partial charge in [0.2, 0.25) is 0 Å². The van der Waals surface area contributed by atoms with Gasteiger partial charge in [0, 0.05) is 21.1 Å². The normalized spacial score (nSPS) is 10.4. The Morgan fingerprint density at radius 3 is 2.78 bits per heavy atom. The molecule has 0 radical (unpaired) electrons. The van der Waals surface area contributed by atoms with Gasteiger partial charge < -0.3 is 4.90 Å². The van der Waals surface area contributed by atoms with E-state index in [1.165, 1.54) is 11.3 Å². The summed E-state index contributed by atoms with van der Waals surface area (Å²) in [7, 11) is 1.80. The van der Waals surface area contributed by atoms with Crippen molar-refractivity contribution in [1.82, 2.24) is 4.90 Å². The molecule has 0 unspecified atom stereocenters. The molecule has 2 aromatic rings. The summed E-state index contributed by atoms with van der Waals surface area (Å²) in [5, 5.41) is 0. The fourth-order valence-corrected chi connectivity index (χ4v) is 3.27. The maximum Gasteiger partial charge on any atom is 0.253 e. The van der Waals surface area contributed by atoms with Crippen LogP contribution in [0, 0.1) is 3.57 Å². The number of rotatable bonds is 3. The third-order valence-corrected chi connectivity index (χ3v) is 4.33. The lowest BCUT2D eigenvalue weighted by Crippen LogP contribution is -2.25. The average molecular weight is 392 g/mol. The van der Waals surface area contributed by atoms with Gasteiger partial charge in [-0.15, -0.1) is 11.3 Å². The van der Waals surface area contributed by atoms with Gasteiger partial charge in [-0.2, -0.15) is 0 Å². The van der Waals surface area contributed by atoms with Gasteiger partial charge in [-0.3, -0.25) is 4.79 Å². The standard InChI is InChI=1S/C13H11ClINOS/c1-16(8-11-5-6-12(14)18-11)13(17)9-3-2-4-10(15)7-9/h2-7H,8H2,1H3. The highest BCUT2D eigenvalue weighted by molar-refractivity contribution is 14.1. The molecule has 1 aromatic carbocycles. The largest absolute Gasteiger partial charge is 0.337 e. The molecule has 0 saturated carbocycles. The highest BCUT2D eigenvalue weighted by Gasteiger charge is 2.13. The van der Waals surface area contributed by atoms with Crippen molar-refractivity contribution in [3.63, 3.8) is 0 Å². The van der Waals surface area contributed by atoms with Crippen molar-refractivity contribution in [3.05, 3.63) is 54.7 Å². The molecule has 0 aliphatic carbocycles. The molecular formula is C13H11ClINOS. The first kappa shape index (κ1) is 13.8. The van der Waals surface area contributed by atoms with Gasteiger partial charge in [0.1, 0.15) is 0 Å². The average Bonchev–Trinajstić information content (AvgIpc) is 2.73. The number of hydrogen-bond donors (Lipinski definition) is 0. The zero-order chi connectivity index (χ0) is 13.1. The maximum atomic E-state index is 12.2. The molecule has 5 heteroatoms. The van der Waals surface area contributed by atoms with Crippen molar-refractivity contribution in [2.24, 2.45) is 0 Å². The first-order valence-corrected chi connectivity index (χ1v) is 7.59. The molecule has 0 N–H and O–H groups in total. The fourth-order valence-electron chi connectivity index (χ4n) is 1.58. The third kappa shape index (κ3) is 3.46. The van der Waals surface area contributed by atoms with Crippen LogP contribution in [0.2, 0.25) is 4.34 Å². The number of hydrogen-bond acceptors (Lipinski definition) is 2. The quantitative estimate of drug-likeness (QED) is 0.715. The number of thiophene rings is 1. The summed E-state index contributed by atoms with van der Waals surface area (Å²) in [4.78, 5) is 15.0. The van der Waals surface area contributed by atoms with E-state index < -0.39 is 0 Å². The van der Waals surface area contributed by atoms with Crippen LogP contribution in [0.1, 0.15) is 15.2 Å². The minimum Gasteiger partial charge on any atom is -0.337 e. The summed E-state index contributed by atoms with van der Waals surface area (Å²) in [6.07, 6.45) is 0. The molecule has 0 aliphatic heterocycles.